The molecule has 1 nitrogen and oxygen atoms in total. The smallest absolute Gasteiger partial charge is 0.0571 e. The van der Waals surface area contributed by atoms with Crippen LogP contribution < -0.4 is 0 Å². The summed E-state index contributed by atoms with van der Waals surface area (Å²) in [5.41, 5.74) is 0. The van der Waals surface area contributed by atoms with Gasteiger partial charge in [-0.05, 0) is 37.5 Å². The summed E-state index contributed by atoms with van der Waals surface area (Å²) in [6, 6.07) is 0. The third-order valence-corrected chi connectivity index (χ3v) is 2.47. The molecule has 2 saturated carbocycles. The number of hydrogen-bond acceptors (Lipinski definition) is 1. The lowest BCUT2D eigenvalue weighted by Crippen LogP contribution is -2.14. The summed E-state index contributed by atoms with van der Waals surface area (Å²) in [4.78, 5) is 0. The highest BCUT2D eigenvalue weighted by Gasteiger charge is 2.38. The van der Waals surface area contributed by atoms with E-state index in [-0.39, 0.29) is 12.5 Å². The van der Waals surface area contributed by atoms with Gasteiger partial charge in [0.15, 0.2) is 0 Å². The molecule has 0 spiro atoms. The van der Waals surface area contributed by atoms with E-state index < -0.39 is 0 Å². The van der Waals surface area contributed by atoms with Crippen molar-refractivity contribution in [2.45, 2.75) is 31.8 Å². The fourth-order valence-corrected chi connectivity index (χ4v) is 1.97. The predicted octanol–water partition coefficient (Wildman–Crippen LogP) is 1.17. The number of hydrogen-bond donors (Lipinski definition) is 1. The van der Waals surface area contributed by atoms with E-state index in [2.05, 4.69) is 0 Å². The lowest BCUT2D eigenvalue weighted by molar-refractivity contribution is 0.113. The maximum atomic E-state index is 9.30. The highest BCUT2D eigenvalue weighted by Crippen LogP contribution is 2.44. The largest absolute Gasteiger partial charge is 0.393 e. The van der Waals surface area contributed by atoms with Crippen LogP contribution >= 0.6 is 0 Å². The van der Waals surface area contributed by atoms with E-state index in [9.17, 15) is 5.11 Å². The Morgan fingerprint density at radius 2 is 2.38 bits per heavy atom. The Morgan fingerprint density at radius 1 is 1.50 bits per heavy atom. The van der Waals surface area contributed by atoms with Gasteiger partial charge in [0.05, 0.1) is 6.10 Å². The SMILES string of the molecule is [2H][C@H]1[C@@H]2CC[C@@H](C2)[C@H]1O. The zero-order valence-electron chi connectivity index (χ0n) is 5.88. The Bertz CT molecular complexity index is 108. The second-order valence-electron chi connectivity index (χ2n) is 3.02. The minimum Gasteiger partial charge on any atom is -0.393 e. The summed E-state index contributed by atoms with van der Waals surface area (Å²) in [7, 11) is 0. The van der Waals surface area contributed by atoms with E-state index in [0.717, 1.165) is 6.42 Å². The molecule has 0 unspecified atom stereocenters. The summed E-state index contributed by atoms with van der Waals surface area (Å²) in [6.07, 6.45) is 3.04. The van der Waals surface area contributed by atoms with Crippen molar-refractivity contribution in [3.05, 3.63) is 0 Å². The number of aliphatic hydroxyl groups excluding tert-OH is 1. The molecule has 0 aromatic heterocycles. The maximum absolute atomic E-state index is 9.30. The minimum absolute atomic E-state index is 0.149. The molecule has 8 heavy (non-hydrogen) atoms. The molecule has 0 aromatic carbocycles. The van der Waals surface area contributed by atoms with Crippen LogP contribution in [0.4, 0.5) is 0 Å². The lowest BCUT2D eigenvalue weighted by Gasteiger charge is -2.14. The van der Waals surface area contributed by atoms with Crippen molar-refractivity contribution in [1.82, 2.24) is 0 Å². The topological polar surface area (TPSA) is 20.2 Å². The normalized spacial score (nSPS) is 63.9. The summed E-state index contributed by atoms with van der Waals surface area (Å²) in [5.74, 6) is 1.02. The Kier molecular flexibility index (Phi) is 0.715. The summed E-state index contributed by atoms with van der Waals surface area (Å²) in [6.45, 7) is 0. The van der Waals surface area contributed by atoms with Crippen LogP contribution in [0.1, 0.15) is 27.0 Å². The molecule has 1 N–H and O–H groups in total. The Morgan fingerprint density at radius 3 is 2.75 bits per heavy atom. The van der Waals surface area contributed by atoms with Gasteiger partial charge in [0, 0.05) is 1.37 Å². The number of fused-ring (bicyclic) bond motifs is 2. The molecule has 0 saturated heterocycles. The van der Waals surface area contributed by atoms with Gasteiger partial charge >= 0.3 is 0 Å². The zero-order chi connectivity index (χ0) is 6.43. The van der Waals surface area contributed by atoms with Gasteiger partial charge in [-0.1, -0.05) is 0 Å². The highest BCUT2D eigenvalue weighted by molar-refractivity contribution is 4.89. The molecule has 2 bridgehead atoms. The number of rotatable bonds is 0. The molecule has 0 heterocycles. The van der Waals surface area contributed by atoms with Gasteiger partial charge in [-0.3, -0.25) is 0 Å². The summed E-state index contributed by atoms with van der Waals surface area (Å²) in [5, 5.41) is 9.30. The zero-order valence-corrected chi connectivity index (χ0v) is 4.88. The quantitative estimate of drug-likeness (QED) is 0.500. The highest BCUT2D eigenvalue weighted by atomic mass is 16.3. The summed E-state index contributed by atoms with van der Waals surface area (Å²) >= 11 is 0. The van der Waals surface area contributed by atoms with Crippen LogP contribution in [0, 0.1) is 11.8 Å². The monoisotopic (exact) mass is 113 g/mol. The van der Waals surface area contributed by atoms with Crippen molar-refractivity contribution in [2.75, 3.05) is 0 Å². The van der Waals surface area contributed by atoms with Gasteiger partial charge in [0.25, 0.3) is 0 Å². The molecular weight excluding hydrogens is 100 g/mol. The van der Waals surface area contributed by atoms with Gasteiger partial charge < -0.3 is 5.11 Å². The minimum atomic E-state index is -0.288. The first kappa shape index (κ1) is 3.89. The summed E-state index contributed by atoms with van der Waals surface area (Å²) < 4.78 is 7.48. The third-order valence-electron chi connectivity index (χ3n) is 2.47. The average molecular weight is 113 g/mol. The molecular formula is C7H12O. The van der Waals surface area contributed by atoms with E-state index in [1.165, 1.54) is 12.8 Å². The lowest BCUT2D eigenvalue weighted by atomic mass is 9.98. The maximum Gasteiger partial charge on any atom is 0.0571 e. The van der Waals surface area contributed by atoms with E-state index in [1.54, 1.807) is 0 Å². The van der Waals surface area contributed by atoms with Crippen LogP contribution in [0.25, 0.3) is 0 Å². The van der Waals surface area contributed by atoms with Gasteiger partial charge in [0.2, 0.25) is 0 Å². The molecule has 0 amide bonds. The van der Waals surface area contributed by atoms with E-state index in [0.29, 0.717) is 11.8 Å². The van der Waals surface area contributed by atoms with Crippen molar-refractivity contribution in [3.63, 3.8) is 0 Å². The molecule has 2 aliphatic carbocycles. The second-order valence-corrected chi connectivity index (χ2v) is 3.02. The fraction of sp³-hybridized carbons (Fsp3) is 1.00. The first-order valence-corrected chi connectivity index (χ1v) is 3.39. The van der Waals surface area contributed by atoms with Crippen molar-refractivity contribution in [2.24, 2.45) is 11.8 Å². The Balaban J connectivity index is 2.15. The van der Waals surface area contributed by atoms with E-state index >= 15 is 0 Å². The van der Waals surface area contributed by atoms with Crippen molar-refractivity contribution >= 4 is 0 Å². The molecule has 2 rings (SSSR count). The van der Waals surface area contributed by atoms with Crippen LogP contribution in [-0.2, 0) is 0 Å². The Labute approximate surface area is 51.1 Å². The van der Waals surface area contributed by atoms with Crippen LogP contribution in [0.15, 0.2) is 0 Å². The van der Waals surface area contributed by atoms with Gasteiger partial charge in [-0.25, -0.2) is 0 Å². The van der Waals surface area contributed by atoms with E-state index in [4.69, 9.17) is 1.37 Å². The molecule has 1 heteroatoms. The van der Waals surface area contributed by atoms with Crippen LogP contribution in [0.3, 0.4) is 0 Å². The van der Waals surface area contributed by atoms with Crippen LogP contribution in [0.5, 0.6) is 0 Å². The molecule has 0 radical (unpaired) electrons. The Hall–Kier alpha value is -0.0400. The average Bonchev–Trinajstić information content (AvgIpc) is 2.37. The van der Waals surface area contributed by atoms with Gasteiger partial charge in [-0.15, -0.1) is 0 Å². The van der Waals surface area contributed by atoms with E-state index in [1.807, 2.05) is 0 Å². The van der Waals surface area contributed by atoms with Gasteiger partial charge in [-0.2, -0.15) is 0 Å². The third kappa shape index (κ3) is 0.510. The first-order chi connectivity index (χ1) is 4.29. The van der Waals surface area contributed by atoms with Crippen molar-refractivity contribution in [3.8, 4) is 0 Å². The van der Waals surface area contributed by atoms with Crippen LogP contribution in [0.2, 0.25) is 0 Å². The second kappa shape index (κ2) is 1.47. The predicted molar refractivity (Wildman–Crippen MR) is 31.5 cm³/mol. The van der Waals surface area contributed by atoms with Crippen molar-refractivity contribution in [1.29, 1.82) is 0 Å². The standard InChI is InChI=1S/C7H12O/c8-7-4-5-1-2-6(7)3-5/h5-8H,1-4H2/t5-,6+,7+/m1/s1/i4D/t4-,5+,6-,7-/m0. The molecule has 0 aliphatic heterocycles. The van der Waals surface area contributed by atoms with Crippen molar-refractivity contribution < 1.29 is 6.48 Å². The molecule has 2 aliphatic rings. The molecule has 4 atom stereocenters. The molecule has 0 aromatic rings. The first-order valence-electron chi connectivity index (χ1n) is 3.97. The van der Waals surface area contributed by atoms with Gasteiger partial charge in [0.1, 0.15) is 0 Å². The molecule has 2 fully saturated rings. The fourth-order valence-electron chi connectivity index (χ4n) is 1.97. The van der Waals surface area contributed by atoms with Crippen LogP contribution in [-0.4, -0.2) is 11.2 Å². The number of aliphatic hydroxyl groups is 1. The molecule has 46 valence electrons.